The van der Waals surface area contributed by atoms with Gasteiger partial charge in [-0.3, -0.25) is 9.59 Å². The van der Waals surface area contributed by atoms with Crippen molar-refractivity contribution >= 4 is 46.4 Å². The van der Waals surface area contributed by atoms with Crippen LogP contribution in [0, 0.1) is 0 Å². The van der Waals surface area contributed by atoms with Crippen molar-refractivity contribution in [3.63, 3.8) is 0 Å². The molecule has 1 aliphatic rings. The fourth-order valence-electron chi connectivity index (χ4n) is 2.93. The first-order chi connectivity index (χ1) is 13.5. The average Bonchev–Trinajstić information content (AvgIpc) is 2.69. The number of hydrogen-bond donors (Lipinski definition) is 2. The van der Waals surface area contributed by atoms with Gasteiger partial charge in [-0.2, -0.15) is 0 Å². The molecule has 28 heavy (non-hydrogen) atoms. The number of amides is 2. The van der Waals surface area contributed by atoms with Crippen LogP contribution in [0.25, 0.3) is 0 Å². The van der Waals surface area contributed by atoms with E-state index in [4.69, 9.17) is 27.9 Å². The van der Waals surface area contributed by atoms with Gasteiger partial charge in [-0.05, 0) is 30.3 Å². The van der Waals surface area contributed by atoms with Crippen LogP contribution in [-0.4, -0.2) is 44.7 Å². The number of halogens is 2. The van der Waals surface area contributed by atoms with Crippen LogP contribution in [0.1, 0.15) is 16.8 Å². The first-order valence-electron chi connectivity index (χ1n) is 8.99. The predicted octanol–water partition coefficient (Wildman–Crippen LogP) is 3.59. The van der Waals surface area contributed by atoms with E-state index in [1.807, 2.05) is 6.07 Å². The minimum absolute atomic E-state index is 0.130. The van der Waals surface area contributed by atoms with Crippen molar-refractivity contribution in [2.45, 2.75) is 6.42 Å². The summed E-state index contributed by atoms with van der Waals surface area (Å²) in [5.74, 6) is -0.522. The molecule has 6 nitrogen and oxygen atoms in total. The highest BCUT2D eigenvalue weighted by Gasteiger charge is 2.17. The lowest BCUT2D eigenvalue weighted by atomic mass is 10.2. The summed E-state index contributed by atoms with van der Waals surface area (Å²) < 4.78 is 5.38. The van der Waals surface area contributed by atoms with Crippen LogP contribution in [0.15, 0.2) is 42.5 Å². The number of benzene rings is 2. The molecule has 1 saturated heterocycles. The normalized spacial score (nSPS) is 13.9. The first-order valence-corrected chi connectivity index (χ1v) is 9.75. The van der Waals surface area contributed by atoms with Crippen molar-refractivity contribution in [2.24, 2.45) is 0 Å². The molecule has 0 aromatic heterocycles. The Balaban J connectivity index is 1.57. The third kappa shape index (κ3) is 5.38. The Morgan fingerprint density at radius 2 is 1.82 bits per heavy atom. The molecule has 1 fully saturated rings. The van der Waals surface area contributed by atoms with E-state index < -0.39 is 0 Å². The standard InChI is InChI=1S/C20H21Cl2N3O3/c21-14-5-6-18(25-9-11-28-12-10-25)17(13-14)24-19(26)7-8-23-20(27)15-3-1-2-4-16(15)22/h1-6,13H,7-12H2,(H,23,27)(H,24,26). The van der Waals surface area contributed by atoms with Gasteiger partial charge in [0.15, 0.2) is 0 Å². The fraction of sp³-hybridized carbons (Fsp3) is 0.300. The second-order valence-electron chi connectivity index (χ2n) is 6.29. The molecule has 0 saturated carbocycles. The molecular formula is C20H21Cl2N3O3. The summed E-state index contributed by atoms with van der Waals surface area (Å²) >= 11 is 12.1. The Labute approximate surface area is 173 Å². The maximum Gasteiger partial charge on any atom is 0.252 e. The quantitative estimate of drug-likeness (QED) is 0.747. The zero-order chi connectivity index (χ0) is 19.9. The Kier molecular flexibility index (Phi) is 7.14. The second-order valence-corrected chi connectivity index (χ2v) is 7.14. The third-order valence-electron chi connectivity index (χ3n) is 4.34. The summed E-state index contributed by atoms with van der Waals surface area (Å²) in [7, 11) is 0. The minimum atomic E-state index is -0.310. The molecule has 3 rings (SSSR count). The predicted molar refractivity (Wildman–Crippen MR) is 112 cm³/mol. The first kappa shape index (κ1) is 20.5. The van der Waals surface area contributed by atoms with Gasteiger partial charge in [-0.1, -0.05) is 35.3 Å². The van der Waals surface area contributed by atoms with E-state index in [2.05, 4.69) is 15.5 Å². The van der Waals surface area contributed by atoms with Crippen LogP contribution < -0.4 is 15.5 Å². The van der Waals surface area contributed by atoms with Crippen molar-refractivity contribution < 1.29 is 14.3 Å². The molecule has 2 amide bonds. The highest BCUT2D eigenvalue weighted by molar-refractivity contribution is 6.33. The van der Waals surface area contributed by atoms with Crippen molar-refractivity contribution in [2.75, 3.05) is 43.1 Å². The van der Waals surface area contributed by atoms with Gasteiger partial charge in [0.2, 0.25) is 5.91 Å². The molecular weight excluding hydrogens is 401 g/mol. The van der Waals surface area contributed by atoms with E-state index in [0.717, 1.165) is 18.8 Å². The van der Waals surface area contributed by atoms with Gasteiger partial charge in [0.05, 0.1) is 35.2 Å². The largest absolute Gasteiger partial charge is 0.378 e. The minimum Gasteiger partial charge on any atom is -0.378 e. The Morgan fingerprint density at radius 1 is 1.07 bits per heavy atom. The SMILES string of the molecule is O=C(CCNC(=O)c1ccccc1Cl)Nc1cc(Cl)ccc1N1CCOCC1. The van der Waals surface area contributed by atoms with E-state index in [1.54, 1.807) is 36.4 Å². The number of hydrogen-bond acceptors (Lipinski definition) is 4. The highest BCUT2D eigenvalue weighted by atomic mass is 35.5. The molecule has 1 aliphatic heterocycles. The van der Waals surface area contributed by atoms with Gasteiger partial charge in [0, 0.05) is 31.1 Å². The molecule has 0 atom stereocenters. The van der Waals surface area contributed by atoms with Gasteiger partial charge < -0.3 is 20.3 Å². The molecule has 148 valence electrons. The average molecular weight is 422 g/mol. The zero-order valence-electron chi connectivity index (χ0n) is 15.2. The molecule has 0 spiro atoms. The maximum absolute atomic E-state index is 12.4. The fourth-order valence-corrected chi connectivity index (χ4v) is 3.32. The van der Waals surface area contributed by atoms with Gasteiger partial charge in [-0.15, -0.1) is 0 Å². The third-order valence-corrected chi connectivity index (χ3v) is 4.91. The van der Waals surface area contributed by atoms with Gasteiger partial charge >= 0.3 is 0 Å². The number of rotatable bonds is 6. The molecule has 0 unspecified atom stereocenters. The van der Waals surface area contributed by atoms with Gasteiger partial charge in [0.1, 0.15) is 0 Å². The topological polar surface area (TPSA) is 70.7 Å². The van der Waals surface area contributed by atoms with Crippen molar-refractivity contribution in [3.05, 3.63) is 58.1 Å². The van der Waals surface area contributed by atoms with Crippen LogP contribution in [0.3, 0.4) is 0 Å². The van der Waals surface area contributed by atoms with Gasteiger partial charge in [0.25, 0.3) is 5.91 Å². The van der Waals surface area contributed by atoms with E-state index in [1.165, 1.54) is 0 Å². The molecule has 1 heterocycles. The number of morpholine rings is 1. The molecule has 0 bridgehead atoms. The van der Waals surface area contributed by atoms with E-state index in [0.29, 0.717) is 34.5 Å². The van der Waals surface area contributed by atoms with Crippen LogP contribution in [0.4, 0.5) is 11.4 Å². The lowest BCUT2D eigenvalue weighted by Gasteiger charge is -2.30. The van der Waals surface area contributed by atoms with E-state index in [9.17, 15) is 9.59 Å². The van der Waals surface area contributed by atoms with E-state index >= 15 is 0 Å². The lowest BCUT2D eigenvalue weighted by Crippen LogP contribution is -2.36. The lowest BCUT2D eigenvalue weighted by molar-refractivity contribution is -0.116. The Morgan fingerprint density at radius 3 is 2.57 bits per heavy atom. The van der Waals surface area contributed by atoms with Crippen molar-refractivity contribution in [1.82, 2.24) is 5.32 Å². The second kappa shape index (κ2) is 9.78. The molecule has 2 aromatic rings. The monoisotopic (exact) mass is 421 g/mol. The Hall–Kier alpha value is -2.28. The van der Waals surface area contributed by atoms with Crippen LogP contribution in [-0.2, 0) is 9.53 Å². The maximum atomic E-state index is 12.4. The molecule has 2 N–H and O–H groups in total. The van der Waals surface area contributed by atoms with Crippen molar-refractivity contribution in [3.8, 4) is 0 Å². The van der Waals surface area contributed by atoms with Crippen LogP contribution in [0.2, 0.25) is 10.0 Å². The Bertz CT molecular complexity index is 854. The number of anilines is 2. The molecule has 8 heteroatoms. The summed E-state index contributed by atoms with van der Waals surface area (Å²) in [5.41, 5.74) is 1.94. The van der Waals surface area contributed by atoms with Gasteiger partial charge in [-0.25, -0.2) is 0 Å². The molecule has 2 aromatic carbocycles. The number of carbonyl (C=O) groups excluding carboxylic acids is 2. The van der Waals surface area contributed by atoms with Crippen molar-refractivity contribution in [1.29, 1.82) is 0 Å². The summed E-state index contributed by atoms with van der Waals surface area (Å²) in [5, 5.41) is 6.51. The van der Waals surface area contributed by atoms with Crippen LogP contribution in [0.5, 0.6) is 0 Å². The zero-order valence-corrected chi connectivity index (χ0v) is 16.7. The summed E-state index contributed by atoms with van der Waals surface area (Å²) in [6.45, 7) is 2.98. The van der Waals surface area contributed by atoms with Crippen LogP contribution >= 0.6 is 23.2 Å². The molecule has 0 aliphatic carbocycles. The highest BCUT2D eigenvalue weighted by Crippen LogP contribution is 2.30. The number of nitrogens with zero attached hydrogens (tertiary/aromatic N) is 1. The van der Waals surface area contributed by atoms with E-state index in [-0.39, 0.29) is 24.8 Å². The number of carbonyl (C=O) groups is 2. The molecule has 0 radical (unpaired) electrons. The summed E-state index contributed by atoms with van der Waals surface area (Å²) in [6.07, 6.45) is 0.130. The summed E-state index contributed by atoms with van der Waals surface area (Å²) in [6, 6.07) is 12.2. The smallest absolute Gasteiger partial charge is 0.252 e. The number of nitrogens with one attached hydrogen (secondary N) is 2. The number of ether oxygens (including phenoxy) is 1. The summed E-state index contributed by atoms with van der Waals surface area (Å²) in [4.78, 5) is 26.7.